The van der Waals surface area contributed by atoms with Crippen molar-refractivity contribution < 1.29 is 13.5 Å². The second kappa shape index (κ2) is 6.66. The number of benzene rings is 1. The summed E-state index contributed by atoms with van der Waals surface area (Å²) >= 11 is 3.21. The number of rotatable bonds is 4. The summed E-state index contributed by atoms with van der Waals surface area (Å²) in [5.74, 6) is -0.988. The Morgan fingerprint density at radius 2 is 2.05 bits per heavy atom. The first-order valence-electron chi connectivity index (χ1n) is 6.56. The van der Waals surface area contributed by atoms with E-state index in [-0.39, 0.29) is 11.8 Å². The van der Waals surface area contributed by atoms with E-state index in [2.05, 4.69) is 15.9 Å². The standard InChI is InChI=1S/C14H18BrF2NO/c1-2-19-11-4-3-5-18(9-11)14-12(16)6-10(8-15)7-13(14)17/h6-7,11H,2-5,8-9H2,1H3. The molecule has 0 saturated carbocycles. The fraction of sp³-hybridized carbons (Fsp3) is 0.571. The number of halogens is 3. The maximum Gasteiger partial charge on any atom is 0.149 e. The highest BCUT2D eigenvalue weighted by atomic mass is 79.9. The number of hydrogen-bond donors (Lipinski definition) is 0. The molecule has 2 nitrogen and oxygen atoms in total. The van der Waals surface area contributed by atoms with E-state index < -0.39 is 11.6 Å². The van der Waals surface area contributed by atoms with Gasteiger partial charge in [-0.1, -0.05) is 15.9 Å². The average Bonchev–Trinajstić information content (AvgIpc) is 2.38. The highest BCUT2D eigenvalue weighted by Gasteiger charge is 2.25. The number of alkyl halides is 1. The lowest BCUT2D eigenvalue weighted by atomic mass is 10.1. The summed E-state index contributed by atoms with van der Waals surface area (Å²) in [6, 6.07) is 2.77. The molecule has 0 bridgehead atoms. The fourth-order valence-electron chi connectivity index (χ4n) is 2.51. The van der Waals surface area contributed by atoms with E-state index in [1.54, 1.807) is 4.90 Å². The van der Waals surface area contributed by atoms with Crippen molar-refractivity contribution in [1.82, 2.24) is 0 Å². The lowest BCUT2D eigenvalue weighted by molar-refractivity contribution is 0.0524. The Labute approximate surface area is 120 Å². The van der Waals surface area contributed by atoms with Crippen molar-refractivity contribution >= 4 is 21.6 Å². The third kappa shape index (κ3) is 3.45. The summed E-state index contributed by atoms with van der Waals surface area (Å²) in [6.45, 7) is 3.79. The van der Waals surface area contributed by atoms with Gasteiger partial charge in [-0.05, 0) is 37.5 Å². The molecule has 1 fully saturated rings. The van der Waals surface area contributed by atoms with E-state index in [0.29, 0.717) is 30.6 Å². The van der Waals surface area contributed by atoms with Crippen molar-refractivity contribution in [3.63, 3.8) is 0 Å². The van der Waals surface area contributed by atoms with Gasteiger partial charge >= 0.3 is 0 Å². The zero-order chi connectivity index (χ0) is 13.8. The summed E-state index contributed by atoms with van der Waals surface area (Å²) in [6.07, 6.45) is 1.91. The third-order valence-corrected chi connectivity index (χ3v) is 3.98. The molecule has 0 radical (unpaired) electrons. The van der Waals surface area contributed by atoms with Gasteiger partial charge in [0, 0.05) is 25.0 Å². The molecular weight excluding hydrogens is 316 g/mol. The molecule has 1 atom stereocenters. The van der Waals surface area contributed by atoms with Gasteiger partial charge in [0.1, 0.15) is 17.3 Å². The minimum absolute atomic E-state index is 0.0633. The number of ether oxygens (including phenoxy) is 1. The zero-order valence-corrected chi connectivity index (χ0v) is 12.6. The maximum absolute atomic E-state index is 14.1. The molecule has 19 heavy (non-hydrogen) atoms. The van der Waals surface area contributed by atoms with Crippen LogP contribution in [-0.2, 0) is 10.1 Å². The largest absolute Gasteiger partial charge is 0.377 e. The molecule has 1 aliphatic heterocycles. The number of hydrogen-bond acceptors (Lipinski definition) is 2. The molecule has 106 valence electrons. The Hall–Kier alpha value is -0.680. The van der Waals surface area contributed by atoms with Crippen LogP contribution in [-0.4, -0.2) is 25.8 Å². The van der Waals surface area contributed by atoms with Crippen LogP contribution in [0.2, 0.25) is 0 Å². The lowest BCUT2D eigenvalue weighted by Crippen LogP contribution is -2.40. The van der Waals surface area contributed by atoms with Gasteiger partial charge in [-0.25, -0.2) is 8.78 Å². The summed E-state index contributed by atoms with van der Waals surface area (Å²) in [5.41, 5.74) is 0.686. The van der Waals surface area contributed by atoms with Crippen molar-refractivity contribution in [1.29, 1.82) is 0 Å². The summed E-state index contributed by atoms with van der Waals surface area (Å²) in [7, 11) is 0. The first-order valence-corrected chi connectivity index (χ1v) is 7.68. The Balaban J connectivity index is 2.21. The molecule has 1 aromatic rings. The molecule has 0 aromatic heterocycles. The van der Waals surface area contributed by atoms with Gasteiger partial charge in [0.15, 0.2) is 0 Å². The van der Waals surface area contributed by atoms with Gasteiger partial charge in [-0.3, -0.25) is 0 Å². The van der Waals surface area contributed by atoms with Crippen LogP contribution in [0.4, 0.5) is 14.5 Å². The minimum Gasteiger partial charge on any atom is -0.377 e. The summed E-state index contributed by atoms with van der Waals surface area (Å²) in [4.78, 5) is 1.76. The van der Waals surface area contributed by atoms with E-state index in [1.165, 1.54) is 12.1 Å². The van der Waals surface area contributed by atoms with Crippen molar-refractivity contribution in [2.45, 2.75) is 31.2 Å². The van der Waals surface area contributed by atoms with E-state index in [4.69, 9.17) is 4.74 Å². The Kier molecular flexibility index (Phi) is 5.16. The molecule has 0 spiro atoms. The topological polar surface area (TPSA) is 12.5 Å². The summed E-state index contributed by atoms with van der Waals surface area (Å²) < 4.78 is 33.7. The quantitative estimate of drug-likeness (QED) is 0.775. The van der Waals surface area contributed by atoms with Gasteiger partial charge < -0.3 is 9.64 Å². The van der Waals surface area contributed by atoms with Crippen LogP contribution < -0.4 is 4.90 Å². The predicted molar refractivity (Wildman–Crippen MR) is 75.9 cm³/mol. The van der Waals surface area contributed by atoms with Gasteiger partial charge in [0.25, 0.3) is 0 Å². The zero-order valence-electron chi connectivity index (χ0n) is 11.0. The van der Waals surface area contributed by atoms with E-state index in [0.717, 1.165) is 12.8 Å². The average molecular weight is 334 g/mol. The van der Waals surface area contributed by atoms with E-state index in [9.17, 15) is 8.78 Å². The molecule has 0 N–H and O–H groups in total. The molecule has 1 saturated heterocycles. The third-order valence-electron chi connectivity index (χ3n) is 3.33. The van der Waals surface area contributed by atoms with Crippen molar-refractivity contribution in [2.75, 3.05) is 24.6 Å². The van der Waals surface area contributed by atoms with Gasteiger partial charge in [-0.15, -0.1) is 0 Å². The number of piperidine rings is 1. The fourth-order valence-corrected chi connectivity index (χ4v) is 2.83. The molecule has 1 aliphatic rings. The highest BCUT2D eigenvalue weighted by molar-refractivity contribution is 9.08. The number of anilines is 1. The predicted octanol–water partition coefficient (Wildman–Crippen LogP) is 3.87. The maximum atomic E-state index is 14.1. The monoisotopic (exact) mass is 333 g/mol. The van der Waals surface area contributed by atoms with Crippen molar-refractivity contribution in [3.8, 4) is 0 Å². The highest BCUT2D eigenvalue weighted by Crippen LogP contribution is 2.29. The van der Waals surface area contributed by atoms with Crippen LogP contribution in [0.5, 0.6) is 0 Å². The SMILES string of the molecule is CCOC1CCCN(c2c(F)cc(CBr)cc2F)C1. The Bertz CT molecular complexity index is 416. The Morgan fingerprint density at radius 1 is 1.37 bits per heavy atom. The van der Waals surface area contributed by atoms with Crippen LogP contribution in [0, 0.1) is 11.6 Å². The molecule has 1 heterocycles. The molecule has 1 unspecified atom stereocenters. The molecule has 0 aliphatic carbocycles. The molecule has 2 rings (SSSR count). The van der Waals surface area contributed by atoms with Crippen molar-refractivity contribution in [2.24, 2.45) is 0 Å². The molecule has 1 aromatic carbocycles. The van der Waals surface area contributed by atoms with Gasteiger partial charge in [-0.2, -0.15) is 0 Å². The summed E-state index contributed by atoms with van der Waals surface area (Å²) in [5, 5.41) is 0.447. The van der Waals surface area contributed by atoms with Crippen LogP contribution in [0.25, 0.3) is 0 Å². The lowest BCUT2D eigenvalue weighted by Gasteiger charge is -2.34. The smallest absolute Gasteiger partial charge is 0.149 e. The molecular formula is C14H18BrF2NO. The van der Waals surface area contributed by atoms with Crippen molar-refractivity contribution in [3.05, 3.63) is 29.3 Å². The first-order chi connectivity index (χ1) is 9.15. The van der Waals surface area contributed by atoms with Crippen LogP contribution in [0.3, 0.4) is 0 Å². The Morgan fingerprint density at radius 3 is 2.63 bits per heavy atom. The van der Waals surface area contributed by atoms with Crippen LogP contribution in [0.15, 0.2) is 12.1 Å². The minimum atomic E-state index is -0.494. The second-order valence-electron chi connectivity index (χ2n) is 4.71. The normalized spacial score (nSPS) is 19.8. The molecule has 0 amide bonds. The number of nitrogens with zero attached hydrogens (tertiary/aromatic N) is 1. The first kappa shape index (κ1) is 14.7. The second-order valence-corrected chi connectivity index (χ2v) is 5.27. The molecule has 5 heteroatoms. The van der Waals surface area contributed by atoms with Gasteiger partial charge in [0.2, 0.25) is 0 Å². The van der Waals surface area contributed by atoms with E-state index in [1.807, 2.05) is 6.92 Å². The van der Waals surface area contributed by atoms with Crippen LogP contribution >= 0.6 is 15.9 Å². The van der Waals surface area contributed by atoms with E-state index >= 15 is 0 Å². The van der Waals surface area contributed by atoms with Gasteiger partial charge in [0.05, 0.1) is 6.10 Å². The van der Waals surface area contributed by atoms with Crippen LogP contribution in [0.1, 0.15) is 25.3 Å².